The summed E-state index contributed by atoms with van der Waals surface area (Å²) in [5.41, 5.74) is 4.72. The number of nitrogens with zero attached hydrogens (tertiary/aromatic N) is 2. The van der Waals surface area contributed by atoms with Gasteiger partial charge in [0.25, 0.3) is 5.92 Å². The van der Waals surface area contributed by atoms with E-state index in [1.165, 1.54) is 55.0 Å². The molecule has 0 radical (unpaired) electrons. The predicted molar refractivity (Wildman–Crippen MR) is 196 cm³/mol. The van der Waals surface area contributed by atoms with Gasteiger partial charge in [-0.15, -0.1) is 0 Å². The number of hydrogen-bond acceptors (Lipinski definition) is 4. The van der Waals surface area contributed by atoms with Crippen LogP contribution in [0.5, 0.6) is 0 Å². The lowest BCUT2D eigenvalue weighted by atomic mass is 9.90. The Morgan fingerprint density at radius 1 is 0.904 bits per heavy atom. The number of aryl methyl sites for hydroxylation is 2. The Morgan fingerprint density at radius 3 is 2.10 bits per heavy atom. The maximum absolute atomic E-state index is 16.3. The molecule has 0 atom stereocenters. The van der Waals surface area contributed by atoms with Crippen LogP contribution in [0.1, 0.15) is 93.2 Å². The monoisotopic (exact) mass is 736 g/mol. The third-order valence-corrected chi connectivity index (χ3v) is 11.2. The number of hydrogen-bond donors (Lipinski definition) is 1. The van der Waals surface area contributed by atoms with Crippen LogP contribution in [-0.2, 0) is 19.0 Å². The molecule has 10 heteroatoms. The third kappa shape index (κ3) is 7.51. The first-order chi connectivity index (χ1) is 24.6. The number of alkyl halides is 2. The number of fused-ring (bicyclic) bond motifs is 2. The Bertz CT molecular complexity index is 2030. The van der Waals surface area contributed by atoms with Crippen molar-refractivity contribution < 1.29 is 31.4 Å². The van der Waals surface area contributed by atoms with Crippen molar-refractivity contribution in [1.29, 1.82) is 0 Å². The second-order valence-electron chi connectivity index (χ2n) is 14.1. The minimum Gasteiger partial charge on any atom is -0.516 e. The Morgan fingerprint density at radius 2 is 1.52 bits per heavy atom. The van der Waals surface area contributed by atoms with Crippen LogP contribution < -0.4 is 4.90 Å². The van der Waals surface area contributed by atoms with Gasteiger partial charge in [0.05, 0.1) is 11.2 Å². The lowest BCUT2D eigenvalue weighted by Crippen LogP contribution is -2.33. The van der Waals surface area contributed by atoms with E-state index in [9.17, 15) is 4.39 Å². The van der Waals surface area contributed by atoms with Crippen LogP contribution >= 0.6 is 11.9 Å². The number of aliphatic hydroxyl groups is 1. The molecule has 2 aliphatic carbocycles. The van der Waals surface area contributed by atoms with Crippen molar-refractivity contribution in [2.75, 3.05) is 11.4 Å². The fourth-order valence-electron chi connectivity index (χ4n) is 7.05. The normalized spacial score (nSPS) is 16.5. The molecule has 0 unspecified atom stereocenters. The van der Waals surface area contributed by atoms with Crippen LogP contribution in [0.3, 0.4) is 0 Å². The van der Waals surface area contributed by atoms with Crippen molar-refractivity contribution in [3.8, 4) is 0 Å². The summed E-state index contributed by atoms with van der Waals surface area (Å²) >= 11 is 0.607. The Balaban J connectivity index is 0.00000150. The summed E-state index contributed by atoms with van der Waals surface area (Å²) in [5, 5.41) is 7.33. The quantitative estimate of drug-likeness (QED) is 0.111. The lowest BCUT2D eigenvalue weighted by Gasteiger charge is -2.35. The molecule has 1 heterocycles. The molecule has 3 nitrogen and oxygen atoms in total. The average molecular weight is 737 g/mol. The summed E-state index contributed by atoms with van der Waals surface area (Å²) in [6.07, 6.45) is 5.44. The van der Waals surface area contributed by atoms with E-state index in [1.807, 2.05) is 26.0 Å². The second-order valence-corrected chi connectivity index (χ2v) is 15.2. The molecule has 2 fully saturated rings. The van der Waals surface area contributed by atoms with E-state index < -0.39 is 57.3 Å². The van der Waals surface area contributed by atoms with Gasteiger partial charge >= 0.3 is 0 Å². The third-order valence-electron chi connectivity index (χ3n) is 10.1. The van der Waals surface area contributed by atoms with Gasteiger partial charge in [0.2, 0.25) is 0 Å². The number of benzene rings is 4. The van der Waals surface area contributed by atoms with Gasteiger partial charge in [-0.2, -0.15) is 8.78 Å². The summed E-state index contributed by atoms with van der Waals surface area (Å²) in [5.74, 6) is -7.84. The van der Waals surface area contributed by atoms with Crippen molar-refractivity contribution in [3.05, 3.63) is 153 Å². The molecule has 0 bridgehead atoms. The standard InChI is InChI=1S/C40H38F6N2S.C2H4O/c1-21-6-11-35(22(2)12-21)48(19-26-13-29(27-7-8-27)15-30(14-26)28-9-10-28)23(3)18-47-20-32-33(16-31(41)17-34(32)42)40(45,46)36-24(4)25(5)37(43)38(44)39(36)49-47;1-2-3/h6,11-17,27-28H,3,7-10,18-20H2,1-2,4-5H3;2-3H,1H2. The fourth-order valence-corrected chi connectivity index (χ4v) is 8.26. The maximum Gasteiger partial charge on any atom is 0.300 e. The Kier molecular flexibility index (Phi) is 10.6. The first-order valence-electron chi connectivity index (χ1n) is 17.3. The van der Waals surface area contributed by atoms with Gasteiger partial charge in [-0.05, 0) is 123 Å². The minimum absolute atomic E-state index is 0.0228. The topological polar surface area (TPSA) is 26.7 Å². The highest BCUT2D eigenvalue weighted by molar-refractivity contribution is 7.97. The highest BCUT2D eigenvalue weighted by atomic mass is 32.2. The summed E-state index contributed by atoms with van der Waals surface area (Å²) in [6, 6.07) is 14.1. The Labute approximate surface area is 305 Å². The molecule has 0 saturated heterocycles. The van der Waals surface area contributed by atoms with Gasteiger partial charge in [-0.1, -0.05) is 49.1 Å². The molecule has 1 aliphatic heterocycles. The molecular formula is C42H42F6N2OS. The highest BCUT2D eigenvalue weighted by Crippen LogP contribution is 2.50. The van der Waals surface area contributed by atoms with Gasteiger partial charge in [0.1, 0.15) is 11.6 Å². The molecule has 4 aromatic carbocycles. The van der Waals surface area contributed by atoms with Crippen molar-refractivity contribution >= 4 is 17.6 Å². The molecule has 52 heavy (non-hydrogen) atoms. The van der Waals surface area contributed by atoms with Crippen molar-refractivity contribution in [2.45, 2.75) is 89.1 Å². The van der Waals surface area contributed by atoms with E-state index in [0.29, 0.717) is 48.2 Å². The molecule has 4 aromatic rings. The second kappa shape index (κ2) is 14.7. The van der Waals surface area contributed by atoms with E-state index in [2.05, 4.69) is 42.3 Å². The molecule has 1 N–H and O–H groups in total. The van der Waals surface area contributed by atoms with E-state index in [4.69, 9.17) is 5.11 Å². The number of rotatable bonds is 8. The summed E-state index contributed by atoms with van der Waals surface area (Å²) in [4.78, 5) is 1.45. The molecular weight excluding hydrogens is 695 g/mol. The van der Waals surface area contributed by atoms with E-state index in [0.717, 1.165) is 28.6 Å². The van der Waals surface area contributed by atoms with Crippen LogP contribution in [0.25, 0.3) is 0 Å². The van der Waals surface area contributed by atoms with E-state index in [-0.39, 0.29) is 17.7 Å². The van der Waals surface area contributed by atoms with E-state index in [1.54, 1.807) is 0 Å². The summed E-state index contributed by atoms with van der Waals surface area (Å²) in [6.45, 7) is 13.9. The van der Waals surface area contributed by atoms with Crippen molar-refractivity contribution in [3.63, 3.8) is 0 Å². The van der Waals surface area contributed by atoms with Crippen molar-refractivity contribution in [1.82, 2.24) is 4.31 Å². The Hall–Kier alpha value is -4.15. The van der Waals surface area contributed by atoms with Crippen LogP contribution in [0.2, 0.25) is 0 Å². The molecule has 0 amide bonds. The highest BCUT2D eigenvalue weighted by Gasteiger charge is 2.45. The zero-order chi connectivity index (χ0) is 37.6. The molecule has 7 rings (SSSR count). The summed E-state index contributed by atoms with van der Waals surface area (Å²) < 4.78 is 94.9. The largest absolute Gasteiger partial charge is 0.516 e. The zero-order valence-corrected chi connectivity index (χ0v) is 30.5. The van der Waals surface area contributed by atoms with E-state index >= 15 is 22.0 Å². The summed E-state index contributed by atoms with van der Waals surface area (Å²) in [7, 11) is 0. The van der Waals surface area contributed by atoms with Gasteiger partial charge in [-0.3, -0.25) is 0 Å². The molecule has 274 valence electrons. The van der Waals surface area contributed by atoms with Crippen molar-refractivity contribution in [2.24, 2.45) is 0 Å². The predicted octanol–water partition coefficient (Wildman–Crippen LogP) is 12.1. The van der Waals surface area contributed by atoms with Crippen LogP contribution in [0.15, 0.2) is 78.5 Å². The molecule has 2 saturated carbocycles. The minimum atomic E-state index is -4.00. The SMILES string of the molecule is C=C(CN1Cc2c(F)cc(F)cc2C(F)(F)c2c(C)c(C)c(F)c(F)c2S1)N(Cc1cc(C2CC2)cc(C2CC2)c1)c1ccc(C)cc1C.C=CO. The van der Waals surface area contributed by atoms with Crippen LogP contribution in [0, 0.1) is 51.0 Å². The molecule has 0 aromatic heterocycles. The zero-order valence-electron chi connectivity index (χ0n) is 29.7. The smallest absolute Gasteiger partial charge is 0.300 e. The molecule has 3 aliphatic rings. The number of aliphatic hydroxyl groups excluding tert-OH is 1. The number of anilines is 1. The molecule has 0 spiro atoms. The maximum atomic E-state index is 16.3. The number of halogens is 6. The lowest BCUT2D eigenvalue weighted by molar-refractivity contribution is 0.0354. The van der Waals surface area contributed by atoms with Gasteiger partial charge in [0.15, 0.2) is 11.6 Å². The first kappa shape index (κ1) is 37.6. The van der Waals surface area contributed by atoms with Crippen LogP contribution in [-0.4, -0.2) is 16.0 Å². The average Bonchev–Trinajstić information content (AvgIpc) is 4.00. The van der Waals surface area contributed by atoms with Gasteiger partial charge < -0.3 is 10.0 Å². The van der Waals surface area contributed by atoms with Gasteiger partial charge in [0, 0.05) is 53.8 Å². The fraction of sp³-hybridized carbons (Fsp3) is 0.333. The van der Waals surface area contributed by atoms with Crippen LogP contribution in [0.4, 0.5) is 32.0 Å². The van der Waals surface area contributed by atoms with Gasteiger partial charge in [-0.25, -0.2) is 21.9 Å². The first-order valence-corrected chi connectivity index (χ1v) is 18.1.